The summed E-state index contributed by atoms with van der Waals surface area (Å²) in [7, 11) is 0. The van der Waals surface area contributed by atoms with Crippen LogP contribution in [0.15, 0.2) is 66.4 Å². The minimum absolute atomic E-state index is 0.0483. The Balaban J connectivity index is 0.979. The third-order valence-corrected chi connectivity index (χ3v) is 9.33. The molecule has 2 fully saturated rings. The molecule has 0 unspecified atom stereocenters. The molecule has 6 rings (SSSR count). The molecular formula is C36H42ClN3O3. The molecule has 226 valence electrons. The lowest BCUT2D eigenvalue weighted by molar-refractivity contribution is -0.150. The topological polar surface area (TPSA) is 77.7 Å². The van der Waals surface area contributed by atoms with E-state index in [4.69, 9.17) is 31.8 Å². The molecule has 2 aromatic carbocycles. The van der Waals surface area contributed by atoms with Gasteiger partial charge in [0.25, 0.3) is 0 Å². The molecule has 43 heavy (non-hydrogen) atoms. The van der Waals surface area contributed by atoms with E-state index in [9.17, 15) is 4.79 Å². The van der Waals surface area contributed by atoms with Gasteiger partial charge in [-0.3, -0.25) is 9.78 Å². The first-order valence-corrected chi connectivity index (χ1v) is 16.3. The van der Waals surface area contributed by atoms with Gasteiger partial charge in [0.05, 0.1) is 12.3 Å². The van der Waals surface area contributed by atoms with Crippen LogP contribution in [0.25, 0.3) is 5.57 Å². The quantitative estimate of drug-likeness (QED) is 0.222. The first-order valence-electron chi connectivity index (χ1n) is 15.9. The van der Waals surface area contributed by atoms with Gasteiger partial charge < -0.3 is 20.1 Å². The number of esters is 1. The number of aryl methyl sites for hydroxylation is 2. The molecule has 1 aliphatic heterocycles. The van der Waals surface area contributed by atoms with Gasteiger partial charge in [-0.25, -0.2) is 0 Å². The monoisotopic (exact) mass is 599 g/mol. The summed E-state index contributed by atoms with van der Waals surface area (Å²) in [5, 5.41) is 0.801. The molecule has 2 heterocycles. The number of likely N-dealkylation sites (tertiary alicyclic amines) is 1. The molecule has 0 radical (unpaired) electrons. The van der Waals surface area contributed by atoms with Gasteiger partial charge >= 0.3 is 5.97 Å². The van der Waals surface area contributed by atoms with Gasteiger partial charge in [-0.1, -0.05) is 41.4 Å². The molecule has 6 nitrogen and oxygen atoms in total. The molecule has 1 saturated carbocycles. The van der Waals surface area contributed by atoms with E-state index in [1.165, 1.54) is 27.8 Å². The standard InChI is InChI=1S/C36H42ClN3O3/c37-29-12-15-32-28(24-29)11-10-27-5-3-18-39-35(27)34(32)26-16-20-40(21-17-26)19-4-22-42-30-13-8-25(9-14-30)23-33(38)36(41)43-31-6-1-2-7-31/h3,5,8-9,12-15,18,24,31,33H,1-2,4,6-7,10-11,16-17,19-23,38H2/t33-/m0/s1. The highest BCUT2D eigenvalue weighted by Crippen LogP contribution is 2.38. The number of hydrogen-bond donors (Lipinski definition) is 1. The van der Waals surface area contributed by atoms with E-state index in [1.807, 2.05) is 36.5 Å². The maximum atomic E-state index is 12.3. The molecule has 0 spiro atoms. The lowest BCUT2D eigenvalue weighted by Gasteiger charge is -2.30. The van der Waals surface area contributed by atoms with E-state index in [0.29, 0.717) is 13.0 Å². The Kier molecular flexibility index (Phi) is 9.77. The Labute approximate surface area is 260 Å². The number of halogens is 1. The zero-order valence-corrected chi connectivity index (χ0v) is 25.7. The Bertz CT molecular complexity index is 1440. The van der Waals surface area contributed by atoms with Crippen LogP contribution in [0.3, 0.4) is 0 Å². The van der Waals surface area contributed by atoms with Gasteiger partial charge in [0.15, 0.2) is 0 Å². The number of ether oxygens (including phenoxy) is 2. The van der Waals surface area contributed by atoms with Crippen molar-refractivity contribution < 1.29 is 14.3 Å². The molecule has 0 bridgehead atoms. The van der Waals surface area contributed by atoms with E-state index in [1.54, 1.807) is 0 Å². The van der Waals surface area contributed by atoms with Crippen molar-refractivity contribution in [3.8, 4) is 5.75 Å². The summed E-state index contributed by atoms with van der Waals surface area (Å²) < 4.78 is 11.6. The maximum absolute atomic E-state index is 12.3. The number of nitrogens with two attached hydrogens (primary N) is 1. The second kappa shape index (κ2) is 14.1. The lowest BCUT2D eigenvalue weighted by atomic mass is 9.88. The summed E-state index contributed by atoms with van der Waals surface area (Å²) in [5.74, 6) is 0.550. The Morgan fingerprint density at radius 2 is 1.77 bits per heavy atom. The average Bonchev–Trinajstić information content (AvgIpc) is 3.48. The van der Waals surface area contributed by atoms with Crippen LogP contribution in [0.5, 0.6) is 5.75 Å². The molecule has 1 saturated heterocycles. The number of nitrogens with zero attached hydrogens (tertiary/aromatic N) is 2. The van der Waals surface area contributed by atoms with Crippen molar-refractivity contribution in [2.24, 2.45) is 5.73 Å². The SMILES string of the molecule is N[C@@H](Cc1ccc(OCCCN2CCC(=C3c4ccc(Cl)cc4CCc4cccnc43)CC2)cc1)C(=O)OC1CCCC1. The lowest BCUT2D eigenvalue weighted by Crippen LogP contribution is -2.36. The van der Waals surface area contributed by atoms with Crippen LogP contribution in [0, 0.1) is 0 Å². The summed E-state index contributed by atoms with van der Waals surface area (Å²) >= 11 is 6.38. The van der Waals surface area contributed by atoms with Gasteiger partial charge in [-0.05, 0) is 117 Å². The molecule has 2 aliphatic carbocycles. The fourth-order valence-electron chi connectivity index (χ4n) is 6.72. The number of carbonyl (C=O) groups is 1. The number of piperidine rings is 1. The largest absolute Gasteiger partial charge is 0.494 e. The minimum Gasteiger partial charge on any atom is -0.494 e. The maximum Gasteiger partial charge on any atom is 0.323 e. The molecule has 2 N–H and O–H groups in total. The van der Waals surface area contributed by atoms with Gasteiger partial charge in [-0.15, -0.1) is 0 Å². The number of hydrogen-bond acceptors (Lipinski definition) is 6. The fourth-order valence-corrected chi connectivity index (χ4v) is 6.92. The third kappa shape index (κ3) is 7.49. The van der Waals surface area contributed by atoms with E-state index < -0.39 is 6.04 Å². The number of benzene rings is 2. The van der Waals surface area contributed by atoms with Crippen LogP contribution in [0.1, 0.15) is 72.9 Å². The van der Waals surface area contributed by atoms with Gasteiger partial charge in [-0.2, -0.15) is 0 Å². The number of rotatable bonds is 9. The average molecular weight is 600 g/mol. The summed E-state index contributed by atoms with van der Waals surface area (Å²) in [4.78, 5) is 19.7. The first kappa shape index (κ1) is 29.9. The van der Waals surface area contributed by atoms with Gasteiger partial charge in [0, 0.05) is 36.4 Å². The van der Waals surface area contributed by atoms with Crippen molar-refractivity contribution in [2.45, 2.75) is 76.4 Å². The third-order valence-electron chi connectivity index (χ3n) is 9.10. The second-order valence-corrected chi connectivity index (χ2v) is 12.6. The van der Waals surface area contributed by atoms with Crippen LogP contribution >= 0.6 is 11.6 Å². The zero-order chi connectivity index (χ0) is 29.6. The van der Waals surface area contributed by atoms with Crippen molar-refractivity contribution in [3.63, 3.8) is 0 Å². The van der Waals surface area contributed by atoms with E-state index in [2.05, 4.69) is 29.2 Å². The molecule has 7 heteroatoms. The normalized spacial score (nSPS) is 18.1. The fraction of sp³-hybridized carbons (Fsp3) is 0.444. The molecule has 0 amide bonds. The summed E-state index contributed by atoms with van der Waals surface area (Å²) in [6, 6.07) is 17.9. The Morgan fingerprint density at radius 1 is 1.00 bits per heavy atom. The number of fused-ring (bicyclic) bond motifs is 2. The van der Waals surface area contributed by atoms with Gasteiger partial charge in [0.2, 0.25) is 0 Å². The van der Waals surface area contributed by atoms with Crippen molar-refractivity contribution in [1.29, 1.82) is 0 Å². The number of aromatic nitrogens is 1. The smallest absolute Gasteiger partial charge is 0.323 e. The Hall–Kier alpha value is -3.19. The highest BCUT2D eigenvalue weighted by atomic mass is 35.5. The van der Waals surface area contributed by atoms with Crippen LogP contribution in [-0.2, 0) is 28.8 Å². The van der Waals surface area contributed by atoms with Gasteiger partial charge in [0.1, 0.15) is 17.9 Å². The van der Waals surface area contributed by atoms with Crippen LogP contribution in [0.4, 0.5) is 0 Å². The molecule has 1 aromatic heterocycles. The predicted molar refractivity (Wildman–Crippen MR) is 171 cm³/mol. The van der Waals surface area contributed by atoms with Crippen LogP contribution in [0.2, 0.25) is 5.02 Å². The van der Waals surface area contributed by atoms with Crippen LogP contribution in [-0.4, -0.2) is 54.2 Å². The predicted octanol–water partition coefficient (Wildman–Crippen LogP) is 6.56. The molecule has 3 aromatic rings. The Morgan fingerprint density at radius 3 is 2.56 bits per heavy atom. The molecular weight excluding hydrogens is 558 g/mol. The first-order chi connectivity index (χ1) is 21.0. The number of pyridine rings is 1. The van der Waals surface area contributed by atoms with Crippen molar-refractivity contribution >= 4 is 23.1 Å². The van der Waals surface area contributed by atoms with Crippen molar-refractivity contribution in [3.05, 3.63) is 99.3 Å². The second-order valence-electron chi connectivity index (χ2n) is 12.1. The van der Waals surface area contributed by atoms with E-state index in [0.717, 1.165) is 99.5 Å². The summed E-state index contributed by atoms with van der Waals surface area (Å²) in [5.41, 5.74) is 15.1. The highest BCUT2D eigenvalue weighted by molar-refractivity contribution is 6.30. The number of carbonyl (C=O) groups excluding carboxylic acids is 1. The summed E-state index contributed by atoms with van der Waals surface area (Å²) in [6.07, 6.45) is 11.7. The highest BCUT2D eigenvalue weighted by Gasteiger charge is 2.26. The van der Waals surface area contributed by atoms with E-state index in [-0.39, 0.29) is 12.1 Å². The van der Waals surface area contributed by atoms with E-state index >= 15 is 0 Å². The van der Waals surface area contributed by atoms with Crippen molar-refractivity contribution in [1.82, 2.24) is 9.88 Å². The van der Waals surface area contributed by atoms with Crippen molar-refractivity contribution in [2.75, 3.05) is 26.2 Å². The minimum atomic E-state index is -0.630. The zero-order valence-electron chi connectivity index (χ0n) is 24.9. The molecule has 3 aliphatic rings. The molecule has 1 atom stereocenters. The summed E-state index contributed by atoms with van der Waals surface area (Å²) in [6.45, 7) is 3.77. The van der Waals surface area contributed by atoms with Crippen LogP contribution < -0.4 is 10.5 Å².